The molecule has 0 N–H and O–H groups in total. The molecular formula is C18H22ClF3. The lowest BCUT2D eigenvalue weighted by Gasteiger charge is -2.15. The summed E-state index contributed by atoms with van der Waals surface area (Å²) >= 11 is 5.83. The van der Waals surface area contributed by atoms with Crippen molar-refractivity contribution in [1.82, 2.24) is 0 Å². The number of alkyl halides is 1. The molecule has 1 aromatic rings. The molecule has 22 heavy (non-hydrogen) atoms. The van der Waals surface area contributed by atoms with Gasteiger partial charge in [0.2, 0.25) is 0 Å². The predicted molar refractivity (Wildman–Crippen MR) is 86.8 cm³/mol. The van der Waals surface area contributed by atoms with Crippen molar-refractivity contribution in [2.45, 2.75) is 45.4 Å². The van der Waals surface area contributed by atoms with Gasteiger partial charge in [-0.1, -0.05) is 45.9 Å². The summed E-state index contributed by atoms with van der Waals surface area (Å²) in [5.74, 6) is -1.32. The lowest BCUT2D eigenvalue weighted by Crippen LogP contribution is -2.05. The second kappa shape index (κ2) is 8.42. The first-order valence-electron chi connectivity index (χ1n) is 7.39. The standard InChI is InChI=1S/C9H12ClF.C9H10F2/c1-6(2)8-5-7(10)3-4-9(8)11;1-6(2)7-4-3-5-8(10)9(7)11/h4-7H,3H2,1-2H3;3-6H,1-2H3. The van der Waals surface area contributed by atoms with E-state index in [9.17, 15) is 13.2 Å². The van der Waals surface area contributed by atoms with E-state index in [4.69, 9.17) is 11.6 Å². The molecule has 0 radical (unpaired) electrons. The SMILES string of the molecule is CC(C)C1=CC(Cl)CC=C1F.CC(C)c1cccc(F)c1F. The van der Waals surface area contributed by atoms with Gasteiger partial charge in [-0.05, 0) is 41.5 Å². The van der Waals surface area contributed by atoms with Crippen LogP contribution in [0.2, 0.25) is 0 Å². The highest BCUT2D eigenvalue weighted by atomic mass is 35.5. The van der Waals surface area contributed by atoms with E-state index in [-0.39, 0.29) is 23.0 Å². The molecule has 1 aliphatic carbocycles. The largest absolute Gasteiger partial charge is 0.207 e. The van der Waals surface area contributed by atoms with Crippen molar-refractivity contribution in [3.63, 3.8) is 0 Å². The first-order chi connectivity index (χ1) is 10.2. The van der Waals surface area contributed by atoms with Gasteiger partial charge in [-0.2, -0.15) is 0 Å². The summed E-state index contributed by atoms with van der Waals surface area (Å²) in [5, 5.41) is -0.0214. The van der Waals surface area contributed by atoms with Crippen LogP contribution in [0.4, 0.5) is 13.2 Å². The molecule has 0 amide bonds. The molecule has 0 fully saturated rings. The molecule has 4 heteroatoms. The number of allylic oxidation sites excluding steroid dienone is 4. The quantitative estimate of drug-likeness (QED) is 0.541. The number of hydrogen-bond donors (Lipinski definition) is 0. The average molecular weight is 331 g/mol. The van der Waals surface area contributed by atoms with Gasteiger partial charge in [0.15, 0.2) is 11.6 Å². The minimum absolute atomic E-state index is 0.0214. The van der Waals surface area contributed by atoms with Crippen LogP contribution in [-0.2, 0) is 0 Å². The average Bonchev–Trinajstić information content (AvgIpc) is 2.44. The molecule has 0 aromatic heterocycles. The van der Waals surface area contributed by atoms with Crippen LogP contribution in [0, 0.1) is 17.6 Å². The summed E-state index contributed by atoms with van der Waals surface area (Å²) in [6.07, 6.45) is 3.98. The van der Waals surface area contributed by atoms with Crippen LogP contribution in [0.25, 0.3) is 0 Å². The lowest BCUT2D eigenvalue weighted by atomic mass is 9.96. The van der Waals surface area contributed by atoms with Gasteiger partial charge in [0.1, 0.15) is 5.83 Å². The number of halogens is 4. The molecule has 0 aliphatic heterocycles. The van der Waals surface area contributed by atoms with Crippen molar-refractivity contribution in [2.75, 3.05) is 0 Å². The van der Waals surface area contributed by atoms with Crippen LogP contribution in [-0.4, -0.2) is 5.38 Å². The Hall–Kier alpha value is -1.22. The van der Waals surface area contributed by atoms with Crippen molar-refractivity contribution in [3.05, 3.63) is 58.9 Å². The number of rotatable bonds is 2. The van der Waals surface area contributed by atoms with Gasteiger partial charge in [-0.15, -0.1) is 11.6 Å². The molecule has 1 aliphatic rings. The van der Waals surface area contributed by atoms with E-state index in [0.717, 1.165) is 11.6 Å². The maximum Gasteiger partial charge on any atom is 0.162 e. The molecule has 0 nitrogen and oxygen atoms in total. The number of benzene rings is 1. The first-order valence-corrected chi connectivity index (χ1v) is 7.83. The minimum Gasteiger partial charge on any atom is -0.207 e. The third-order valence-corrected chi connectivity index (χ3v) is 3.69. The van der Waals surface area contributed by atoms with E-state index in [2.05, 4.69) is 0 Å². The molecule has 2 rings (SSSR count). The van der Waals surface area contributed by atoms with E-state index in [1.807, 2.05) is 33.8 Å². The Morgan fingerprint density at radius 3 is 2.14 bits per heavy atom. The third-order valence-electron chi connectivity index (χ3n) is 3.38. The van der Waals surface area contributed by atoms with Gasteiger partial charge in [0.05, 0.1) is 5.38 Å². The van der Waals surface area contributed by atoms with E-state index in [1.54, 1.807) is 12.1 Å². The molecular weight excluding hydrogens is 309 g/mol. The Kier molecular flexibility index (Phi) is 7.21. The maximum absolute atomic E-state index is 13.0. The molecule has 122 valence electrons. The topological polar surface area (TPSA) is 0 Å². The summed E-state index contributed by atoms with van der Waals surface area (Å²) < 4.78 is 38.4. The zero-order valence-corrected chi connectivity index (χ0v) is 14.1. The van der Waals surface area contributed by atoms with E-state index < -0.39 is 11.6 Å². The fourth-order valence-corrected chi connectivity index (χ4v) is 2.34. The van der Waals surface area contributed by atoms with Gasteiger partial charge >= 0.3 is 0 Å². The van der Waals surface area contributed by atoms with Crippen molar-refractivity contribution < 1.29 is 13.2 Å². The number of hydrogen-bond acceptors (Lipinski definition) is 0. The second-order valence-electron chi connectivity index (χ2n) is 5.88. The molecule has 0 spiro atoms. The van der Waals surface area contributed by atoms with Crippen molar-refractivity contribution >= 4 is 11.6 Å². The van der Waals surface area contributed by atoms with Crippen LogP contribution in [0.1, 0.15) is 45.6 Å². The van der Waals surface area contributed by atoms with Crippen LogP contribution in [0.5, 0.6) is 0 Å². The zero-order chi connectivity index (χ0) is 16.9. The van der Waals surface area contributed by atoms with Gasteiger partial charge in [-0.25, -0.2) is 13.2 Å². The Balaban J connectivity index is 0.000000220. The summed E-state index contributed by atoms with van der Waals surface area (Å²) in [4.78, 5) is 0. The van der Waals surface area contributed by atoms with Gasteiger partial charge < -0.3 is 0 Å². The van der Waals surface area contributed by atoms with Crippen LogP contribution in [0.15, 0.2) is 41.8 Å². The van der Waals surface area contributed by atoms with Gasteiger partial charge in [0.25, 0.3) is 0 Å². The van der Waals surface area contributed by atoms with Crippen molar-refractivity contribution in [2.24, 2.45) is 5.92 Å². The van der Waals surface area contributed by atoms with E-state index in [1.165, 1.54) is 6.07 Å². The molecule has 0 bridgehead atoms. The van der Waals surface area contributed by atoms with Crippen LogP contribution < -0.4 is 0 Å². The molecule has 0 heterocycles. The smallest absolute Gasteiger partial charge is 0.162 e. The van der Waals surface area contributed by atoms with Gasteiger partial charge in [-0.3, -0.25) is 0 Å². The molecule has 1 aromatic carbocycles. The monoisotopic (exact) mass is 330 g/mol. The Morgan fingerprint density at radius 1 is 1.05 bits per heavy atom. The fraction of sp³-hybridized carbons (Fsp3) is 0.444. The second-order valence-corrected chi connectivity index (χ2v) is 6.44. The Bertz CT molecular complexity index is 559. The zero-order valence-electron chi connectivity index (χ0n) is 13.3. The van der Waals surface area contributed by atoms with E-state index >= 15 is 0 Å². The van der Waals surface area contributed by atoms with Crippen molar-refractivity contribution in [1.29, 1.82) is 0 Å². The normalized spacial score (nSPS) is 17.8. The minimum atomic E-state index is -0.767. The summed E-state index contributed by atoms with van der Waals surface area (Å²) in [7, 11) is 0. The summed E-state index contributed by atoms with van der Waals surface area (Å²) in [5.41, 5.74) is 1.18. The predicted octanol–water partition coefficient (Wildman–Crippen LogP) is 6.52. The van der Waals surface area contributed by atoms with Crippen LogP contribution in [0.3, 0.4) is 0 Å². The lowest BCUT2D eigenvalue weighted by molar-refractivity contribution is 0.494. The maximum atomic E-state index is 13.0. The van der Waals surface area contributed by atoms with Crippen molar-refractivity contribution in [3.8, 4) is 0 Å². The molecule has 1 atom stereocenters. The summed E-state index contributed by atoms with van der Waals surface area (Å²) in [6, 6.07) is 4.25. The van der Waals surface area contributed by atoms with Crippen LogP contribution >= 0.6 is 11.6 Å². The fourth-order valence-electron chi connectivity index (χ4n) is 2.11. The highest BCUT2D eigenvalue weighted by molar-refractivity contribution is 6.22. The molecule has 1 unspecified atom stereocenters. The van der Waals surface area contributed by atoms with Gasteiger partial charge in [0, 0.05) is 0 Å². The third kappa shape index (κ3) is 5.20. The van der Waals surface area contributed by atoms with E-state index in [0.29, 0.717) is 12.0 Å². The molecule has 0 saturated carbocycles. The first kappa shape index (κ1) is 18.8. The highest BCUT2D eigenvalue weighted by Gasteiger charge is 2.15. The Labute approximate surface area is 135 Å². The highest BCUT2D eigenvalue weighted by Crippen LogP contribution is 2.28. The summed E-state index contributed by atoms with van der Waals surface area (Å²) in [6.45, 7) is 7.60. The molecule has 0 saturated heterocycles. The Morgan fingerprint density at radius 2 is 1.68 bits per heavy atom.